The molecule has 0 saturated carbocycles. The zero-order valence-corrected chi connectivity index (χ0v) is 15.3. The topological polar surface area (TPSA) is 38.3 Å². The van der Waals surface area contributed by atoms with Crippen molar-refractivity contribution in [2.75, 3.05) is 7.05 Å². The second-order valence-electron chi connectivity index (χ2n) is 6.21. The lowest BCUT2D eigenvalue weighted by Gasteiger charge is -2.31. The summed E-state index contributed by atoms with van der Waals surface area (Å²) in [5.74, 6) is 1.40. The van der Waals surface area contributed by atoms with Crippen molar-refractivity contribution >= 4 is 5.91 Å². The van der Waals surface area contributed by atoms with Gasteiger partial charge >= 0.3 is 0 Å². The van der Waals surface area contributed by atoms with E-state index in [0.29, 0.717) is 11.3 Å². The van der Waals surface area contributed by atoms with Gasteiger partial charge in [0.2, 0.25) is 0 Å². The fraction of sp³-hybridized carbons (Fsp3) is 0.318. The Morgan fingerprint density at radius 2 is 1.56 bits per heavy atom. The monoisotopic (exact) mass is 337 g/mol. The summed E-state index contributed by atoms with van der Waals surface area (Å²) in [5.41, 5.74) is 2.08. The summed E-state index contributed by atoms with van der Waals surface area (Å²) in [6.45, 7) is 8.37. The first-order chi connectivity index (χ1) is 12.1. The Bertz CT molecular complexity index is 698. The van der Waals surface area contributed by atoms with Crippen LogP contribution in [0.15, 0.2) is 61.2 Å². The van der Waals surface area contributed by atoms with Gasteiger partial charge in [-0.15, -0.1) is 6.58 Å². The molecule has 0 heterocycles. The molecular formula is C22H27NO2. The number of allylic oxidation sites excluding steroid dienone is 1. The van der Waals surface area contributed by atoms with Gasteiger partial charge in [-0.1, -0.05) is 32.1 Å². The van der Waals surface area contributed by atoms with Crippen LogP contribution in [0.5, 0.6) is 11.5 Å². The van der Waals surface area contributed by atoms with Gasteiger partial charge in [0.1, 0.15) is 11.5 Å². The number of amides is 1. The van der Waals surface area contributed by atoms with Crippen LogP contribution < -0.4 is 10.1 Å². The SMILES string of the molecule is C=CCC(CC)(CC)c1ccc(Oc2ccc(C(=O)NC)cc2)cc1. The fourth-order valence-electron chi connectivity index (χ4n) is 3.17. The third kappa shape index (κ3) is 4.30. The number of carbonyl (C=O) groups excluding carboxylic acids is 1. The van der Waals surface area contributed by atoms with Crippen LogP contribution >= 0.6 is 0 Å². The summed E-state index contributed by atoms with van der Waals surface area (Å²) in [6, 6.07) is 15.4. The second-order valence-corrected chi connectivity index (χ2v) is 6.21. The van der Waals surface area contributed by atoms with Crippen LogP contribution in [0.4, 0.5) is 0 Å². The van der Waals surface area contributed by atoms with Gasteiger partial charge in [-0.05, 0) is 66.6 Å². The van der Waals surface area contributed by atoms with E-state index in [1.54, 1.807) is 31.3 Å². The Morgan fingerprint density at radius 3 is 2.00 bits per heavy atom. The van der Waals surface area contributed by atoms with E-state index >= 15 is 0 Å². The van der Waals surface area contributed by atoms with Crippen molar-refractivity contribution in [1.82, 2.24) is 5.32 Å². The summed E-state index contributed by atoms with van der Waals surface area (Å²) in [6.07, 6.45) is 5.14. The Hall–Kier alpha value is -2.55. The minimum absolute atomic E-state index is 0.103. The highest BCUT2D eigenvalue weighted by Gasteiger charge is 2.26. The number of rotatable bonds is 8. The molecule has 0 aliphatic rings. The predicted octanol–water partition coefficient (Wildman–Crippen LogP) is 5.47. The molecule has 3 nitrogen and oxygen atoms in total. The Balaban J connectivity index is 2.14. The van der Waals surface area contributed by atoms with Gasteiger partial charge in [-0.25, -0.2) is 0 Å². The standard InChI is InChI=1S/C22H27NO2/c1-5-16-22(6-2,7-3)18-10-14-20(15-11-18)25-19-12-8-17(9-13-19)21(24)23-4/h5,8-15H,1,6-7,16H2,2-4H3,(H,23,24). The molecule has 0 spiro atoms. The van der Waals surface area contributed by atoms with Gasteiger partial charge in [0.05, 0.1) is 0 Å². The summed E-state index contributed by atoms with van der Waals surface area (Å²) in [5, 5.41) is 2.61. The van der Waals surface area contributed by atoms with Crippen molar-refractivity contribution in [2.45, 2.75) is 38.5 Å². The van der Waals surface area contributed by atoms with Crippen LogP contribution in [0.2, 0.25) is 0 Å². The van der Waals surface area contributed by atoms with Crippen LogP contribution in [0.3, 0.4) is 0 Å². The van der Waals surface area contributed by atoms with Crippen molar-refractivity contribution < 1.29 is 9.53 Å². The Kier molecular flexibility index (Phi) is 6.40. The molecule has 0 unspecified atom stereocenters. The van der Waals surface area contributed by atoms with Crippen molar-refractivity contribution in [1.29, 1.82) is 0 Å². The molecule has 0 aromatic heterocycles. The smallest absolute Gasteiger partial charge is 0.251 e. The van der Waals surface area contributed by atoms with Gasteiger partial charge in [0.15, 0.2) is 0 Å². The Morgan fingerprint density at radius 1 is 1.04 bits per heavy atom. The van der Waals surface area contributed by atoms with Gasteiger partial charge < -0.3 is 10.1 Å². The molecule has 132 valence electrons. The zero-order valence-electron chi connectivity index (χ0n) is 15.3. The highest BCUT2D eigenvalue weighted by Crippen LogP contribution is 2.36. The van der Waals surface area contributed by atoms with E-state index in [0.717, 1.165) is 25.0 Å². The molecule has 0 aliphatic carbocycles. The van der Waals surface area contributed by atoms with Gasteiger partial charge in [-0.3, -0.25) is 4.79 Å². The number of carbonyl (C=O) groups is 1. The summed E-state index contributed by atoms with van der Waals surface area (Å²) < 4.78 is 5.89. The van der Waals surface area contributed by atoms with Crippen LogP contribution in [0.1, 0.15) is 49.0 Å². The molecule has 0 radical (unpaired) electrons. The first-order valence-electron chi connectivity index (χ1n) is 8.80. The van der Waals surface area contributed by atoms with E-state index in [2.05, 4.69) is 37.9 Å². The Labute approximate surface area is 150 Å². The second kappa shape index (κ2) is 8.52. The first-order valence-corrected chi connectivity index (χ1v) is 8.80. The molecule has 2 aromatic carbocycles. The zero-order chi connectivity index (χ0) is 18.3. The van der Waals surface area contributed by atoms with Crippen LogP contribution in [0.25, 0.3) is 0 Å². The average molecular weight is 337 g/mol. The van der Waals surface area contributed by atoms with Crippen LogP contribution in [0, 0.1) is 0 Å². The third-order valence-electron chi connectivity index (χ3n) is 4.93. The van der Waals surface area contributed by atoms with E-state index in [1.807, 2.05) is 18.2 Å². The van der Waals surface area contributed by atoms with E-state index in [1.165, 1.54) is 5.56 Å². The molecule has 0 saturated heterocycles. The maximum Gasteiger partial charge on any atom is 0.251 e. The molecule has 0 fully saturated rings. The molecule has 25 heavy (non-hydrogen) atoms. The minimum atomic E-state index is -0.103. The number of nitrogens with one attached hydrogen (secondary N) is 1. The van der Waals surface area contributed by atoms with E-state index in [9.17, 15) is 4.79 Å². The van der Waals surface area contributed by atoms with Crippen molar-refractivity contribution in [3.63, 3.8) is 0 Å². The quantitative estimate of drug-likeness (QED) is 0.648. The van der Waals surface area contributed by atoms with E-state index < -0.39 is 0 Å². The third-order valence-corrected chi connectivity index (χ3v) is 4.93. The summed E-state index contributed by atoms with van der Waals surface area (Å²) in [7, 11) is 1.62. The van der Waals surface area contributed by atoms with Gasteiger partial charge in [0.25, 0.3) is 5.91 Å². The molecular weight excluding hydrogens is 310 g/mol. The van der Waals surface area contributed by atoms with E-state index in [-0.39, 0.29) is 11.3 Å². The minimum Gasteiger partial charge on any atom is -0.457 e. The highest BCUT2D eigenvalue weighted by molar-refractivity contribution is 5.94. The molecule has 2 rings (SSSR count). The number of hydrogen-bond donors (Lipinski definition) is 1. The molecule has 1 N–H and O–H groups in total. The lowest BCUT2D eigenvalue weighted by atomic mass is 9.73. The predicted molar refractivity (Wildman–Crippen MR) is 103 cm³/mol. The average Bonchev–Trinajstić information content (AvgIpc) is 2.67. The fourth-order valence-corrected chi connectivity index (χ4v) is 3.17. The number of ether oxygens (including phenoxy) is 1. The molecule has 1 amide bonds. The maximum atomic E-state index is 11.6. The number of benzene rings is 2. The van der Waals surface area contributed by atoms with Gasteiger partial charge in [0, 0.05) is 12.6 Å². The largest absolute Gasteiger partial charge is 0.457 e. The summed E-state index contributed by atoms with van der Waals surface area (Å²) in [4.78, 5) is 11.6. The lowest BCUT2D eigenvalue weighted by molar-refractivity contribution is 0.0963. The molecule has 0 bridgehead atoms. The van der Waals surface area contributed by atoms with Gasteiger partial charge in [-0.2, -0.15) is 0 Å². The van der Waals surface area contributed by atoms with Crippen molar-refractivity contribution in [3.05, 3.63) is 72.3 Å². The normalized spacial score (nSPS) is 11.0. The van der Waals surface area contributed by atoms with Crippen molar-refractivity contribution in [2.24, 2.45) is 0 Å². The molecule has 0 aliphatic heterocycles. The van der Waals surface area contributed by atoms with E-state index in [4.69, 9.17) is 4.74 Å². The molecule has 2 aromatic rings. The summed E-state index contributed by atoms with van der Waals surface area (Å²) >= 11 is 0. The van der Waals surface area contributed by atoms with Crippen molar-refractivity contribution in [3.8, 4) is 11.5 Å². The molecule has 0 atom stereocenters. The van der Waals surface area contributed by atoms with Crippen LogP contribution in [-0.2, 0) is 5.41 Å². The highest BCUT2D eigenvalue weighted by atomic mass is 16.5. The first kappa shape index (κ1) is 18.8. The van der Waals surface area contributed by atoms with Crippen LogP contribution in [-0.4, -0.2) is 13.0 Å². The number of hydrogen-bond acceptors (Lipinski definition) is 2. The molecule has 3 heteroatoms. The lowest BCUT2D eigenvalue weighted by Crippen LogP contribution is -2.23. The maximum absolute atomic E-state index is 11.6.